The minimum absolute atomic E-state index is 0.195. The molecule has 1 aliphatic rings. The maximum atomic E-state index is 11.1. The Morgan fingerprint density at radius 2 is 2.13 bits per heavy atom. The van der Waals surface area contributed by atoms with Crippen LogP contribution in [-0.4, -0.2) is 23.3 Å². The summed E-state index contributed by atoms with van der Waals surface area (Å²) in [7, 11) is 0. The zero-order valence-electron chi connectivity index (χ0n) is 9.95. The molecule has 0 aromatic carbocycles. The predicted molar refractivity (Wildman–Crippen MR) is 58.4 cm³/mol. The average Bonchev–Trinajstić information content (AvgIpc) is 2.10. The van der Waals surface area contributed by atoms with Crippen molar-refractivity contribution in [3.8, 4) is 0 Å². The Morgan fingerprint density at radius 1 is 1.53 bits per heavy atom. The molecular weight excluding hydrogens is 192 g/mol. The van der Waals surface area contributed by atoms with Gasteiger partial charge in [0.25, 0.3) is 0 Å². The first-order chi connectivity index (χ1) is 6.97. The van der Waals surface area contributed by atoms with Crippen molar-refractivity contribution in [1.29, 1.82) is 0 Å². The van der Waals surface area contributed by atoms with Gasteiger partial charge in [-0.1, -0.05) is 13.8 Å². The molecule has 0 amide bonds. The van der Waals surface area contributed by atoms with Gasteiger partial charge in [0.05, 0.1) is 12.2 Å². The van der Waals surface area contributed by atoms with Crippen molar-refractivity contribution in [2.75, 3.05) is 6.61 Å². The summed E-state index contributed by atoms with van der Waals surface area (Å²) in [4.78, 5) is 11.1. The Hall–Kier alpha value is -0.570. The van der Waals surface area contributed by atoms with E-state index < -0.39 is 5.60 Å². The van der Waals surface area contributed by atoms with Gasteiger partial charge in [0.1, 0.15) is 0 Å². The second-order valence-electron chi connectivity index (χ2n) is 4.94. The third-order valence-corrected chi connectivity index (χ3v) is 3.33. The molecule has 88 valence electrons. The van der Waals surface area contributed by atoms with Crippen molar-refractivity contribution in [3.63, 3.8) is 0 Å². The van der Waals surface area contributed by atoms with E-state index in [1.54, 1.807) is 6.92 Å². The highest BCUT2D eigenvalue weighted by Gasteiger charge is 2.43. The Labute approximate surface area is 91.8 Å². The first-order valence-corrected chi connectivity index (χ1v) is 5.85. The number of hydrogen-bond donors (Lipinski definition) is 1. The van der Waals surface area contributed by atoms with Crippen molar-refractivity contribution in [3.05, 3.63) is 0 Å². The molecule has 3 nitrogen and oxygen atoms in total. The van der Waals surface area contributed by atoms with Crippen LogP contribution in [0.4, 0.5) is 0 Å². The lowest BCUT2D eigenvalue weighted by molar-refractivity contribution is -0.147. The summed E-state index contributed by atoms with van der Waals surface area (Å²) >= 11 is 0. The SMILES string of the molecule is CCOC(=O)CCC1(O)CC(C(C)C)C1. The van der Waals surface area contributed by atoms with Gasteiger partial charge in [-0.3, -0.25) is 4.79 Å². The third kappa shape index (κ3) is 3.49. The molecule has 0 radical (unpaired) electrons. The topological polar surface area (TPSA) is 46.5 Å². The van der Waals surface area contributed by atoms with Gasteiger partial charge in [-0.25, -0.2) is 0 Å². The smallest absolute Gasteiger partial charge is 0.305 e. The maximum Gasteiger partial charge on any atom is 0.305 e. The zero-order chi connectivity index (χ0) is 11.5. The molecule has 15 heavy (non-hydrogen) atoms. The standard InChI is InChI=1S/C12H22O3/c1-4-15-11(13)5-6-12(14)7-10(8-12)9(2)3/h9-10,14H,4-8H2,1-3H3. The molecule has 0 atom stereocenters. The summed E-state index contributed by atoms with van der Waals surface area (Å²) in [6.45, 7) is 6.57. The van der Waals surface area contributed by atoms with Crippen molar-refractivity contribution in [1.82, 2.24) is 0 Å². The molecule has 3 heteroatoms. The monoisotopic (exact) mass is 214 g/mol. The minimum atomic E-state index is -0.596. The largest absolute Gasteiger partial charge is 0.466 e. The highest BCUT2D eigenvalue weighted by Crippen LogP contribution is 2.44. The predicted octanol–water partition coefficient (Wildman–Crippen LogP) is 2.13. The van der Waals surface area contributed by atoms with Crippen LogP contribution in [0.15, 0.2) is 0 Å². The van der Waals surface area contributed by atoms with E-state index in [0.717, 1.165) is 12.8 Å². The first kappa shape index (κ1) is 12.5. The molecule has 0 bridgehead atoms. The number of ether oxygens (including phenoxy) is 1. The summed E-state index contributed by atoms with van der Waals surface area (Å²) < 4.78 is 4.83. The van der Waals surface area contributed by atoms with Crippen molar-refractivity contribution < 1.29 is 14.6 Å². The van der Waals surface area contributed by atoms with Crippen LogP contribution in [0.1, 0.15) is 46.5 Å². The Kier molecular flexibility index (Phi) is 4.14. The second kappa shape index (κ2) is 4.97. The van der Waals surface area contributed by atoms with E-state index in [1.165, 1.54) is 0 Å². The van der Waals surface area contributed by atoms with Crippen LogP contribution in [0, 0.1) is 11.8 Å². The Morgan fingerprint density at radius 3 is 2.60 bits per heavy atom. The third-order valence-electron chi connectivity index (χ3n) is 3.33. The maximum absolute atomic E-state index is 11.1. The fourth-order valence-electron chi connectivity index (χ4n) is 2.16. The molecule has 1 N–H and O–H groups in total. The lowest BCUT2D eigenvalue weighted by atomic mass is 9.64. The fraction of sp³-hybridized carbons (Fsp3) is 0.917. The molecule has 0 aliphatic heterocycles. The number of esters is 1. The summed E-state index contributed by atoms with van der Waals surface area (Å²) in [5, 5.41) is 10.0. The van der Waals surface area contributed by atoms with Crippen LogP contribution < -0.4 is 0 Å². The molecule has 1 rings (SSSR count). The molecule has 0 spiro atoms. The fourth-order valence-corrected chi connectivity index (χ4v) is 2.16. The lowest BCUT2D eigenvalue weighted by Crippen LogP contribution is -2.46. The zero-order valence-corrected chi connectivity index (χ0v) is 9.95. The number of carbonyl (C=O) groups excluding carboxylic acids is 1. The van der Waals surface area contributed by atoms with Gasteiger partial charge in [0.15, 0.2) is 0 Å². The highest BCUT2D eigenvalue weighted by molar-refractivity contribution is 5.69. The molecule has 0 unspecified atom stereocenters. The van der Waals surface area contributed by atoms with Gasteiger partial charge < -0.3 is 9.84 Å². The number of aliphatic hydroxyl groups is 1. The van der Waals surface area contributed by atoms with Crippen molar-refractivity contribution in [2.24, 2.45) is 11.8 Å². The summed E-state index contributed by atoms with van der Waals surface area (Å²) in [6.07, 6.45) is 2.57. The van der Waals surface area contributed by atoms with E-state index in [0.29, 0.717) is 31.3 Å². The summed E-state index contributed by atoms with van der Waals surface area (Å²) in [6, 6.07) is 0. The van der Waals surface area contributed by atoms with Crippen LogP contribution in [-0.2, 0) is 9.53 Å². The Balaban J connectivity index is 2.20. The quantitative estimate of drug-likeness (QED) is 0.713. The molecule has 0 aromatic rings. The van der Waals surface area contributed by atoms with Crippen LogP contribution in [0.5, 0.6) is 0 Å². The first-order valence-electron chi connectivity index (χ1n) is 5.85. The van der Waals surface area contributed by atoms with E-state index in [1.807, 2.05) is 0 Å². The van der Waals surface area contributed by atoms with Gasteiger partial charge in [-0.15, -0.1) is 0 Å². The normalized spacial score (nSPS) is 30.1. The van der Waals surface area contributed by atoms with Gasteiger partial charge in [-0.05, 0) is 38.0 Å². The van der Waals surface area contributed by atoms with Crippen LogP contribution >= 0.6 is 0 Å². The van der Waals surface area contributed by atoms with Crippen LogP contribution in [0.2, 0.25) is 0 Å². The van der Waals surface area contributed by atoms with Gasteiger partial charge in [0.2, 0.25) is 0 Å². The molecule has 0 heterocycles. The van der Waals surface area contributed by atoms with E-state index in [-0.39, 0.29) is 5.97 Å². The van der Waals surface area contributed by atoms with Crippen molar-refractivity contribution >= 4 is 5.97 Å². The van der Waals surface area contributed by atoms with E-state index in [2.05, 4.69) is 13.8 Å². The number of rotatable bonds is 5. The van der Waals surface area contributed by atoms with Gasteiger partial charge >= 0.3 is 5.97 Å². The van der Waals surface area contributed by atoms with Gasteiger partial charge in [0, 0.05) is 6.42 Å². The molecule has 0 aromatic heterocycles. The molecule has 1 saturated carbocycles. The van der Waals surface area contributed by atoms with E-state index in [9.17, 15) is 9.90 Å². The number of hydrogen-bond acceptors (Lipinski definition) is 3. The molecular formula is C12H22O3. The molecule has 1 aliphatic carbocycles. The van der Waals surface area contributed by atoms with Gasteiger partial charge in [-0.2, -0.15) is 0 Å². The summed E-state index contributed by atoms with van der Waals surface area (Å²) in [5.74, 6) is 1.06. The second-order valence-corrected chi connectivity index (χ2v) is 4.94. The molecule has 0 saturated heterocycles. The van der Waals surface area contributed by atoms with E-state index >= 15 is 0 Å². The van der Waals surface area contributed by atoms with Crippen molar-refractivity contribution in [2.45, 2.75) is 52.1 Å². The van der Waals surface area contributed by atoms with Crippen LogP contribution in [0.25, 0.3) is 0 Å². The average molecular weight is 214 g/mol. The Bertz CT molecular complexity index is 217. The number of carbonyl (C=O) groups is 1. The highest BCUT2D eigenvalue weighted by atomic mass is 16.5. The minimum Gasteiger partial charge on any atom is -0.466 e. The lowest BCUT2D eigenvalue weighted by Gasteiger charge is -2.45. The van der Waals surface area contributed by atoms with Crippen LogP contribution in [0.3, 0.4) is 0 Å². The van der Waals surface area contributed by atoms with E-state index in [4.69, 9.17) is 4.74 Å². The summed E-state index contributed by atoms with van der Waals surface area (Å²) in [5.41, 5.74) is -0.596. The molecule has 1 fully saturated rings.